The van der Waals surface area contributed by atoms with E-state index in [1.165, 1.54) is 17.7 Å². The highest BCUT2D eigenvalue weighted by atomic mass is 19.1. The fourth-order valence-electron chi connectivity index (χ4n) is 2.84. The molecule has 3 nitrogen and oxygen atoms in total. The van der Waals surface area contributed by atoms with Gasteiger partial charge in [0.1, 0.15) is 5.82 Å². The van der Waals surface area contributed by atoms with E-state index >= 15 is 0 Å². The summed E-state index contributed by atoms with van der Waals surface area (Å²) in [5.41, 5.74) is 12.0. The molecule has 0 bridgehead atoms. The Hall–Kier alpha value is -2.46. The molecule has 0 radical (unpaired) electrons. The highest BCUT2D eigenvalue weighted by molar-refractivity contribution is 5.68. The molecule has 23 heavy (non-hydrogen) atoms. The van der Waals surface area contributed by atoms with Gasteiger partial charge in [0.2, 0.25) is 0 Å². The van der Waals surface area contributed by atoms with Crippen LogP contribution in [0.3, 0.4) is 0 Å². The summed E-state index contributed by atoms with van der Waals surface area (Å²) in [4.78, 5) is 0. The van der Waals surface area contributed by atoms with Crippen molar-refractivity contribution in [2.75, 3.05) is 0 Å². The predicted octanol–water partition coefficient (Wildman–Crippen LogP) is 3.81. The van der Waals surface area contributed by atoms with E-state index in [2.05, 4.69) is 17.2 Å². The third kappa shape index (κ3) is 3.17. The summed E-state index contributed by atoms with van der Waals surface area (Å²) in [7, 11) is 0. The van der Waals surface area contributed by atoms with Crippen LogP contribution in [0.5, 0.6) is 0 Å². The van der Waals surface area contributed by atoms with Crippen LogP contribution in [0.2, 0.25) is 0 Å². The lowest BCUT2D eigenvalue weighted by Gasteiger charge is -2.07. The van der Waals surface area contributed by atoms with E-state index in [0.717, 1.165) is 28.1 Å². The molecule has 0 unspecified atom stereocenters. The molecule has 0 atom stereocenters. The van der Waals surface area contributed by atoms with Crippen LogP contribution < -0.4 is 5.73 Å². The van der Waals surface area contributed by atoms with Crippen LogP contribution in [-0.4, -0.2) is 9.78 Å². The molecule has 2 N–H and O–H groups in total. The van der Waals surface area contributed by atoms with Gasteiger partial charge in [-0.15, -0.1) is 0 Å². The third-order valence-electron chi connectivity index (χ3n) is 4.11. The molecule has 0 saturated heterocycles. The van der Waals surface area contributed by atoms with Gasteiger partial charge in [0.25, 0.3) is 0 Å². The molecule has 118 valence electrons. The van der Waals surface area contributed by atoms with Gasteiger partial charge in [-0.25, -0.2) is 4.39 Å². The number of nitrogens with zero attached hydrogens (tertiary/aromatic N) is 2. The summed E-state index contributed by atoms with van der Waals surface area (Å²) in [6, 6.07) is 14.8. The zero-order valence-corrected chi connectivity index (χ0v) is 13.4. The van der Waals surface area contributed by atoms with Crippen LogP contribution in [-0.2, 0) is 13.1 Å². The second kappa shape index (κ2) is 6.34. The first kappa shape index (κ1) is 15.4. The average molecular weight is 309 g/mol. The number of rotatable bonds is 4. The first-order valence-corrected chi connectivity index (χ1v) is 7.66. The van der Waals surface area contributed by atoms with Crippen molar-refractivity contribution in [2.24, 2.45) is 5.73 Å². The number of nitrogens with two attached hydrogens (primary N) is 1. The maximum atomic E-state index is 13.1. The highest BCUT2D eigenvalue weighted by Gasteiger charge is 2.13. The van der Waals surface area contributed by atoms with Gasteiger partial charge in [-0.1, -0.05) is 36.4 Å². The van der Waals surface area contributed by atoms with Crippen molar-refractivity contribution in [3.63, 3.8) is 0 Å². The molecular weight excluding hydrogens is 289 g/mol. The van der Waals surface area contributed by atoms with Crippen LogP contribution in [0.25, 0.3) is 11.1 Å². The average Bonchev–Trinajstić information content (AvgIpc) is 2.83. The van der Waals surface area contributed by atoms with E-state index in [4.69, 9.17) is 5.73 Å². The molecule has 2 aromatic carbocycles. The Labute approximate surface area is 135 Å². The van der Waals surface area contributed by atoms with Gasteiger partial charge < -0.3 is 5.73 Å². The Morgan fingerprint density at radius 3 is 2.17 bits per heavy atom. The van der Waals surface area contributed by atoms with Crippen LogP contribution in [0.4, 0.5) is 4.39 Å². The number of aromatic nitrogens is 2. The molecule has 0 spiro atoms. The minimum absolute atomic E-state index is 0.226. The first-order valence-electron chi connectivity index (χ1n) is 7.66. The van der Waals surface area contributed by atoms with Crippen molar-refractivity contribution in [3.8, 4) is 11.1 Å². The lowest BCUT2D eigenvalue weighted by molar-refractivity contribution is 0.628. The van der Waals surface area contributed by atoms with E-state index in [9.17, 15) is 4.39 Å². The summed E-state index contributed by atoms with van der Waals surface area (Å²) >= 11 is 0. The Kier molecular flexibility index (Phi) is 4.26. The van der Waals surface area contributed by atoms with Gasteiger partial charge in [0.15, 0.2) is 0 Å². The van der Waals surface area contributed by atoms with Gasteiger partial charge in [-0.2, -0.15) is 5.10 Å². The fraction of sp³-hybridized carbons (Fsp3) is 0.211. The molecule has 1 aromatic heterocycles. The van der Waals surface area contributed by atoms with Crippen molar-refractivity contribution in [3.05, 3.63) is 76.9 Å². The van der Waals surface area contributed by atoms with E-state index in [1.807, 2.05) is 30.7 Å². The zero-order valence-electron chi connectivity index (χ0n) is 13.4. The molecule has 4 heteroatoms. The number of aryl methyl sites for hydroxylation is 1. The number of halogens is 1. The predicted molar refractivity (Wildman–Crippen MR) is 90.5 cm³/mol. The van der Waals surface area contributed by atoms with Crippen molar-refractivity contribution in [2.45, 2.75) is 26.9 Å². The van der Waals surface area contributed by atoms with Crippen molar-refractivity contribution >= 4 is 0 Å². The second-order valence-corrected chi connectivity index (χ2v) is 5.73. The minimum atomic E-state index is -0.226. The van der Waals surface area contributed by atoms with Gasteiger partial charge in [0.05, 0.1) is 12.2 Å². The Morgan fingerprint density at radius 1 is 0.957 bits per heavy atom. The summed E-state index contributed by atoms with van der Waals surface area (Å²) in [6.07, 6.45) is 0. The molecule has 0 amide bonds. The summed E-state index contributed by atoms with van der Waals surface area (Å²) in [6.45, 7) is 5.29. The van der Waals surface area contributed by atoms with Crippen LogP contribution in [0, 0.1) is 19.7 Å². The third-order valence-corrected chi connectivity index (χ3v) is 4.11. The molecular formula is C19H20FN3. The van der Waals surface area contributed by atoms with Crippen LogP contribution in [0.15, 0.2) is 48.5 Å². The van der Waals surface area contributed by atoms with E-state index in [1.54, 1.807) is 12.1 Å². The van der Waals surface area contributed by atoms with Crippen LogP contribution >= 0.6 is 0 Å². The molecule has 0 fully saturated rings. The van der Waals surface area contributed by atoms with Gasteiger partial charge in [-0.05, 0) is 42.7 Å². The topological polar surface area (TPSA) is 43.8 Å². The lowest BCUT2D eigenvalue weighted by Crippen LogP contribution is -2.04. The standard InChI is InChI=1S/C19H20FN3/c1-13-19(17-7-9-18(20)10-8-17)14(2)23(22-13)12-16-5-3-15(11-21)4-6-16/h3-10H,11-12,21H2,1-2H3. The van der Waals surface area contributed by atoms with E-state index < -0.39 is 0 Å². The number of benzene rings is 2. The number of hydrogen-bond donors (Lipinski definition) is 1. The molecule has 0 aliphatic rings. The smallest absolute Gasteiger partial charge is 0.123 e. The van der Waals surface area contributed by atoms with E-state index in [-0.39, 0.29) is 5.82 Å². The van der Waals surface area contributed by atoms with Crippen molar-refractivity contribution in [1.82, 2.24) is 9.78 Å². The van der Waals surface area contributed by atoms with Crippen molar-refractivity contribution < 1.29 is 4.39 Å². The largest absolute Gasteiger partial charge is 0.326 e. The lowest BCUT2D eigenvalue weighted by atomic mass is 10.0. The summed E-state index contributed by atoms with van der Waals surface area (Å²) < 4.78 is 15.1. The summed E-state index contributed by atoms with van der Waals surface area (Å²) in [5.74, 6) is -0.226. The quantitative estimate of drug-likeness (QED) is 0.796. The Bertz CT molecular complexity index is 802. The molecule has 0 aliphatic heterocycles. The maximum Gasteiger partial charge on any atom is 0.123 e. The molecule has 3 rings (SSSR count). The summed E-state index contributed by atoms with van der Waals surface area (Å²) in [5, 5.41) is 4.65. The first-order chi connectivity index (χ1) is 11.1. The SMILES string of the molecule is Cc1nn(Cc2ccc(CN)cc2)c(C)c1-c1ccc(F)cc1. The molecule has 1 heterocycles. The van der Waals surface area contributed by atoms with Gasteiger partial charge in [-0.3, -0.25) is 4.68 Å². The van der Waals surface area contributed by atoms with Crippen molar-refractivity contribution in [1.29, 1.82) is 0 Å². The second-order valence-electron chi connectivity index (χ2n) is 5.73. The Morgan fingerprint density at radius 2 is 1.57 bits per heavy atom. The van der Waals surface area contributed by atoms with E-state index in [0.29, 0.717) is 13.1 Å². The van der Waals surface area contributed by atoms with Gasteiger partial charge >= 0.3 is 0 Å². The van der Waals surface area contributed by atoms with Crippen LogP contribution in [0.1, 0.15) is 22.5 Å². The maximum absolute atomic E-state index is 13.1. The monoisotopic (exact) mass is 309 g/mol. The highest BCUT2D eigenvalue weighted by Crippen LogP contribution is 2.27. The molecule has 0 saturated carbocycles. The van der Waals surface area contributed by atoms with Gasteiger partial charge in [0, 0.05) is 17.8 Å². The normalized spacial score (nSPS) is 11.0. The minimum Gasteiger partial charge on any atom is -0.326 e. The molecule has 3 aromatic rings. The fourth-order valence-corrected chi connectivity index (χ4v) is 2.84. The molecule has 0 aliphatic carbocycles. The number of hydrogen-bond acceptors (Lipinski definition) is 2. The Balaban J connectivity index is 1.92. The zero-order chi connectivity index (χ0) is 16.4.